The summed E-state index contributed by atoms with van der Waals surface area (Å²) in [5.41, 5.74) is 6.25. The van der Waals surface area contributed by atoms with Crippen LogP contribution < -0.4 is 11.0 Å². The number of carbonyl (C=O) groups excluding carboxylic acids is 1. The van der Waals surface area contributed by atoms with Crippen molar-refractivity contribution >= 4 is 19.5 Å². The number of anilines is 1. The van der Waals surface area contributed by atoms with E-state index in [9.17, 15) is 14.2 Å². The maximum atomic E-state index is 12.5. The van der Waals surface area contributed by atoms with E-state index in [-0.39, 0.29) is 24.8 Å². The molecule has 10 nitrogen and oxygen atoms in total. The lowest BCUT2D eigenvalue weighted by atomic mass is 10.0. The molecule has 0 unspecified atom stereocenters. The summed E-state index contributed by atoms with van der Waals surface area (Å²) in [6.07, 6.45) is 22.3. The highest BCUT2D eigenvalue weighted by molar-refractivity contribution is 7.46. The summed E-state index contributed by atoms with van der Waals surface area (Å²) in [5, 5.41) is 2.68. The summed E-state index contributed by atoms with van der Waals surface area (Å²) in [4.78, 5) is 46.7. The molecule has 0 radical (unpaired) electrons. The van der Waals surface area contributed by atoms with Crippen LogP contribution in [-0.2, 0) is 18.6 Å². The highest BCUT2D eigenvalue weighted by Gasteiger charge is 2.29. The van der Waals surface area contributed by atoms with Crippen LogP contribution in [0.4, 0.5) is 5.82 Å². The molecule has 262 valence electrons. The topological polar surface area (TPSA) is 140 Å². The third-order valence-corrected chi connectivity index (χ3v) is 8.46. The number of ether oxygens (including phenoxy) is 1. The Morgan fingerprint density at radius 2 is 1.40 bits per heavy atom. The number of nitrogens with one attached hydrogen (secondary N) is 1. The van der Waals surface area contributed by atoms with Crippen molar-refractivity contribution in [1.29, 1.82) is 0 Å². The summed E-state index contributed by atoms with van der Waals surface area (Å²) in [7, 11) is -4.59. The predicted octanol–water partition coefficient (Wildman–Crippen LogP) is 8.62. The molecule has 2 rings (SSSR count). The standard InChI is InChI=1S/C36H56N3O7P/c1-27(2)12-9-15-30(5)18-10-16-28(3)13-7-8-14-29(4)17-11-19-31(6)20-22-34(40)37-33-24-25-39(36(41)38-33)35-23-21-32(46-35)26-45-47(42,43)44/h12-14,18-19,24-25,32,35H,7-11,15-17,20-23,26H2,1-6H3,(H2,42,43,44)(H,37,38,40,41)/b28-13+,29-14+,30-18+,31-19+/t32-,35+/m0/s1. The van der Waals surface area contributed by atoms with E-state index in [2.05, 4.69) is 79.8 Å². The highest BCUT2D eigenvalue weighted by atomic mass is 31.2. The normalized spacial score (nSPS) is 18.0. The van der Waals surface area contributed by atoms with Crippen LogP contribution in [0.1, 0.15) is 125 Å². The highest BCUT2D eigenvalue weighted by Crippen LogP contribution is 2.38. The van der Waals surface area contributed by atoms with Crippen LogP contribution >= 0.6 is 7.82 Å². The van der Waals surface area contributed by atoms with Gasteiger partial charge in [0.05, 0.1) is 12.7 Å². The number of allylic oxidation sites excluding steroid dienone is 10. The van der Waals surface area contributed by atoms with Crippen molar-refractivity contribution in [2.24, 2.45) is 0 Å². The zero-order valence-corrected chi connectivity index (χ0v) is 30.1. The van der Waals surface area contributed by atoms with Gasteiger partial charge in [0.15, 0.2) is 0 Å². The Bertz CT molecular complexity index is 1410. The molecule has 1 aromatic heterocycles. The monoisotopic (exact) mass is 673 g/mol. The molecule has 0 aromatic carbocycles. The van der Waals surface area contributed by atoms with Crippen molar-refractivity contribution in [3.05, 3.63) is 81.0 Å². The van der Waals surface area contributed by atoms with E-state index in [4.69, 9.17) is 14.5 Å². The van der Waals surface area contributed by atoms with Crippen molar-refractivity contribution in [2.75, 3.05) is 11.9 Å². The Balaban J connectivity index is 1.66. The van der Waals surface area contributed by atoms with Crippen LogP contribution in [0.15, 0.2) is 75.3 Å². The molecule has 3 N–H and O–H groups in total. The van der Waals surface area contributed by atoms with Gasteiger partial charge in [-0.25, -0.2) is 9.36 Å². The van der Waals surface area contributed by atoms with E-state index < -0.39 is 25.8 Å². The predicted molar refractivity (Wildman–Crippen MR) is 189 cm³/mol. The molecule has 0 bridgehead atoms. The molecule has 1 aliphatic heterocycles. The first-order valence-corrected chi connectivity index (χ1v) is 18.3. The summed E-state index contributed by atoms with van der Waals surface area (Å²) in [6.45, 7) is 12.7. The van der Waals surface area contributed by atoms with E-state index >= 15 is 0 Å². The summed E-state index contributed by atoms with van der Waals surface area (Å²) < 4.78 is 22.4. The van der Waals surface area contributed by atoms with Crippen molar-refractivity contribution in [1.82, 2.24) is 9.55 Å². The molecule has 11 heteroatoms. The zero-order valence-electron chi connectivity index (χ0n) is 29.2. The smallest absolute Gasteiger partial charge is 0.352 e. The number of hydrogen-bond acceptors (Lipinski definition) is 6. The zero-order chi connectivity index (χ0) is 34.8. The van der Waals surface area contributed by atoms with Gasteiger partial charge < -0.3 is 19.8 Å². The fourth-order valence-electron chi connectivity index (χ4n) is 5.16. The molecule has 2 heterocycles. The van der Waals surface area contributed by atoms with Gasteiger partial charge in [0.2, 0.25) is 5.91 Å². The molecule has 0 spiro atoms. The van der Waals surface area contributed by atoms with Gasteiger partial charge in [0.1, 0.15) is 12.0 Å². The molecule has 1 aliphatic rings. The molecule has 0 saturated carbocycles. The van der Waals surface area contributed by atoms with E-state index in [1.807, 2.05) is 6.92 Å². The summed E-state index contributed by atoms with van der Waals surface area (Å²) >= 11 is 0. The van der Waals surface area contributed by atoms with Crippen molar-refractivity contribution in [3.63, 3.8) is 0 Å². The first-order chi connectivity index (χ1) is 22.2. The largest absolute Gasteiger partial charge is 0.469 e. The van der Waals surface area contributed by atoms with Gasteiger partial charge >= 0.3 is 13.5 Å². The molecule has 1 fully saturated rings. The molecule has 1 aromatic rings. The maximum absolute atomic E-state index is 12.5. The third kappa shape index (κ3) is 18.3. The maximum Gasteiger partial charge on any atom is 0.469 e. The van der Waals surface area contributed by atoms with Crippen LogP contribution in [0, 0.1) is 0 Å². The number of rotatable bonds is 20. The van der Waals surface area contributed by atoms with Gasteiger partial charge in [-0.15, -0.1) is 0 Å². The van der Waals surface area contributed by atoms with Crippen LogP contribution in [0.2, 0.25) is 0 Å². The number of carbonyl (C=O) groups is 1. The van der Waals surface area contributed by atoms with Crippen molar-refractivity contribution < 1.29 is 28.4 Å². The second-order valence-corrected chi connectivity index (χ2v) is 14.0. The van der Waals surface area contributed by atoms with Gasteiger partial charge in [-0.3, -0.25) is 13.9 Å². The van der Waals surface area contributed by atoms with Gasteiger partial charge in [-0.1, -0.05) is 58.2 Å². The van der Waals surface area contributed by atoms with Crippen LogP contribution in [0.3, 0.4) is 0 Å². The second kappa shape index (κ2) is 21.2. The number of phosphoric acid groups is 1. The number of amides is 1. The minimum Gasteiger partial charge on any atom is -0.352 e. The quantitative estimate of drug-likeness (QED) is 0.0710. The van der Waals surface area contributed by atoms with Gasteiger partial charge in [-0.05, 0) is 118 Å². The van der Waals surface area contributed by atoms with Crippen LogP contribution in [-0.4, -0.2) is 38.0 Å². The third-order valence-electron chi connectivity index (χ3n) is 7.97. The van der Waals surface area contributed by atoms with E-state index in [0.717, 1.165) is 56.9 Å². The molecular weight excluding hydrogens is 617 g/mol. The Morgan fingerprint density at radius 1 is 0.872 bits per heavy atom. The van der Waals surface area contributed by atoms with Crippen molar-refractivity contribution in [2.45, 2.75) is 131 Å². The second-order valence-electron chi connectivity index (χ2n) is 12.8. The lowest BCUT2D eigenvalue weighted by Gasteiger charge is -2.16. The lowest BCUT2D eigenvalue weighted by Crippen LogP contribution is -2.28. The first-order valence-electron chi connectivity index (χ1n) is 16.7. The van der Waals surface area contributed by atoms with E-state index in [1.165, 1.54) is 39.1 Å². The van der Waals surface area contributed by atoms with E-state index in [0.29, 0.717) is 19.3 Å². The SMILES string of the molecule is CC(C)=CCC/C(C)=C/CC/C(C)=C/CC/C=C(\C)CC/C=C(\C)CCC(=O)Nc1ccn([C@H]2CC[C@@H](COP(=O)(O)O)O2)c(=O)n1. The minimum atomic E-state index is -4.59. The Kier molecular flexibility index (Phi) is 18.1. The molecule has 47 heavy (non-hydrogen) atoms. The van der Waals surface area contributed by atoms with Crippen LogP contribution in [0.25, 0.3) is 0 Å². The van der Waals surface area contributed by atoms with Crippen molar-refractivity contribution in [3.8, 4) is 0 Å². The average Bonchev–Trinajstić information content (AvgIpc) is 3.46. The number of phosphoric ester groups is 1. The number of unbranched alkanes of at least 4 members (excludes halogenated alkanes) is 1. The average molecular weight is 674 g/mol. The Hall–Kier alpha value is -2.88. The summed E-state index contributed by atoms with van der Waals surface area (Å²) in [5.74, 6) is -0.0556. The molecule has 1 amide bonds. The van der Waals surface area contributed by atoms with E-state index in [1.54, 1.807) is 0 Å². The molecule has 2 atom stereocenters. The minimum absolute atomic E-state index is 0.167. The van der Waals surface area contributed by atoms with Gasteiger partial charge in [0, 0.05) is 12.6 Å². The molecule has 1 saturated heterocycles. The fraction of sp³-hybridized carbons (Fsp3) is 0.583. The van der Waals surface area contributed by atoms with Crippen LogP contribution in [0.5, 0.6) is 0 Å². The molecular formula is C36H56N3O7P. The summed E-state index contributed by atoms with van der Waals surface area (Å²) in [6, 6.07) is 1.53. The fourth-order valence-corrected chi connectivity index (χ4v) is 5.52. The van der Waals surface area contributed by atoms with Gasteiger partial charge in [0.25, 0.3) is 0 Å². The van der Waals surface area contributed by atoms with Gasteiger partial charge in [-0.2, -0.15) is 4.98 Å². The first kappa shape index (κ1) is 40.3. The number of aromatic nitrogens is 2. The number of nitrogens with zero attached hydrogens (tertiary/aromatic N) is 2. The Morgan fingerprint density at radius 3 is 1.94 bits per heavy atom. The molecule has 0 aliphatic carbocycles. The Labute approximate surface area is 281 Å². The lowest BCUT2D eigenvalue weighted by molar-refractivity contribution is -0.116. The number of hydrogen-bond donors (Lipinski definition) is 3.